The highest BCUT2D eigenvalue weighted by molar-refractivity contribution is 5.24. The standard InChI is InChI=1S/C14H20FNO/c1-12-4-2-5-13(14(12)15)6-3-7-16-8-10-17-11-9-16/h2,4-5H,3,6-11H2,1H3. The van der Waals surface area contributed by atoms with Crippen LogP contribution < -0.4 is 0 Å². The summed E-state index contributed by atoms with van der Waals surface area (Å²) < 4.78 is 19.0. The molecule has 1 heterocycles. The van der Waals surface area contributed by atoms with Crippen LogP contribution in [0.15, 0.2) is 18.2 Å². The Hall–Kier alpha value is -0.930. The van der Waals surface area contributed by atoms with E-state index in [1.165, 1.54) is 0 Å². The Labute approximate surface area is 102 Å². The zero-order valence-electron chi connectivity index (χ0n) is 10.4. The zero-order valence-corrected chi connectivity index (χ0v) is 10.4. The fourth-order valence-corrected chi connectivity index (χ4v) is 2.22. The van der Waals surface area contributed by atoms with E-state index in [9.17, 15) is 4.39 Å². The van der Waals surface area contributed by atoms with Crippen LogP contribution in [-0.4, -0.2) is 37.7 Å². The Balaban J connectivity index is 1.79. The fourth-order valence-electron chi connectivity index (χ4n) is 2.22. The first-order chi connectivity index (χ1) is 8.27. The average Bonchev–Trinajstić information content (AvgIpc) is 2.36. The molecular formula is C14H20FNO. The van der Waals surface area contributed by atoms with Gasteiger partial charge in [-0.15, -0.1) is 0 Å². The molecule has 1 saturated heterocycles. The summed E-state index contributed by atoms with van der Waals surface area (Å²) in [6.45, 7) is 6.54. The Bertz CT molecular complexity index is 361. The van der Waals surface area contributed by atoms with E-state index >= 15 is 0 Å². The lowest BCUT2D eigenvalue weighted by Gasteiger charge is -2.26. The molecule has 94 valence electrons. The van der Waals surface area contributed by atoms with Crippen LogP contribution in [0.3, 0.4) is 0 Å². The van der Waals surface area contributed by atoms with Gasteiger partial charge in [0.15, 0.2) is 0 Å². The van der Waals surface area contributed by atoms with E-state index in [-0.39, 0.29) is 5.82 Å². The van der Waals surface area contributed by atoms with Crippen molar-refractivity contribution in [2.45, 2.75) is 19.8 Å². The number of hydrogen-bond acceptors (Lipinski definition) is 2. The van der Waals surface area contributed by atoms with Crippen molar-refractivity contribution >= 4 is 0 Å². The molecule has 0 N–H and O–H groups in total. The van der Waals surface area contributed by atoms with Crippen LogP contribution in [-0.2, 0) is 11.2 Å². The molecule has 0 amide bonds. The van der Waals surface area contributed by atoms with E-state index in [4.69, 9.17) is 4.74 Å². The Kier molecular flexibility index (Phi) is 4.51. The van der Waals surface area contributed by atoms with Gasteiger partial charge in [0.25, 0.3) is 0 Å². The molecule has 0 atom stereocenters. The first-order valence-electron chi connectivity index (χ1n) is 6.31. The van der Waals surface area contributed by atoms with Crippen LogP contribution in [0.1, 0.15) is 17.5 Å². The number of halogens is 1. The van der Waals surface area contributed by atoms with Crippen molar-refractivity contribution in [1.82, 2.24) is 4.90 Å². The van der Waals surface area contributed by atoms with Crippen molar-refractivity contribution in [3.63, 3.8) is 0 Å². The van der Waals surface area contributed by atoms with Gasteiger partial charge in [0.2, 0.25) is 0 Å². The largest absolute Gasteiger partial charge is 0.379 e. The lowest BCUT2D eigenvalue weighted by molar-refractivity contribution is 0.0374. The predicted molar refractivity (Wildman–Crippen MR) is 66.7 cm³/mol. The van der Waals surface area contributed by atoms with Gasteiger partial charge >= 0.3 is 0 Å². The van der Waals surface area contributed by atoms with Crippen molar-refractivity contribution < 1.29 is 9.13 Å². The van der Waals surface area contributed by atoms with Gasteiger partial charge < -0.3 is 4.74 Å². The molecule has 0 unspecified atom stereocenters. The van der Waals surface area contributed by atoms with Crippen molar-refractivity contribution in [2.75, 3.05) is 32.8 Å². The Morgan fingerprint density at radius 2 is 2.06 bits per heavy atom. The highest BCUT2D eigenvalue weighted by Gasteiger charge is 2.10. The van der Waals surface area contributed by atoms with Crippen molar-refractivity contribution in [2.24, 2.45) is 0 Å². The van der Waals surface area contributed by atoms with Crippen molar-refractivity contribution in [3.8, 4) is 0 Å². The van der Waals surface area contributed by atoms with Gasteiger partial charge in [-0.05, 0) is 37.4 Å². The summed E-state index contributed by atoms with van der Waals surface area (Å²) >= 11 is 0. The molecule has 0 bridgehead atoms. The molecule has 0 aromatic heterocycles. The number of benzene rings is 1. The number of hydrogen-bond donors (Lipinski definition) is 0. The third kappa shape index (κ3) is 3.51. The molecule has 3 heteroatoms. The quantitative estimate of drug-likeness (QED) is 0.797. The number of aryl methyl sites for hydroxylation is 2. The lowest BCUT2D eigenvalue weighted by atomic mass is 10.1. The summed E-state index contributed by atoms with van der Waals surface area (Å²) in [5, 5.41) is 0. The molecule has 1 aromatic rings. The summed E-state index contributed by atoms with van der Waals surface area (Å²) in [6.07, 6.45) is 1.84. The number of nitrogens with zero attached hydrogens (tertiary/aromatic N) is 1. The van der Waals surface area contributed by atoms with Gasteiger partial charge in [-0.25, -0.2) is 4.39 Å². The maximum absolute atomic E-state index is 13.7. The molecule has 0 radical (unpaired) electrons. The topological polar surface area (TPSA) is 12.5 Å². The second-order valence-corrected chi connectivity index (χ2v) is 4.61. The van der Waals surface area contributed by atoms with E-state index in [0.717, 1.165) is 56.8 Å². The average molecular weight is 237 g/mol. The third-order valence-corrected chi connectivity index (χ3v) is 3.30. The van der Waals surface area contributed by atoms with Gasteiger partial charge in [0.05, 0.1) is 13.2 Å². The second kappa shape index (κ2) is 6.12. The number of morpholine rings is 1. The summed E-state index contributed by atoms with van der Waals surface area (Å²) in [5.41, 5.74) is 1.59. The van der Waals surface area contributed by atoms with Crippen molar-refractivity contribution in [3.05, 3.63) is 35.1 Å². The second-order valence-electron chi connectivity index (χ2n) is 4.61. The molecule has 0 aliphatic carbocycles. The van der Waals surface area contributed by atoms with Crippen LogP contribution in [0.5, 0.6) is 0 Å². The first-order valence-corrected chi connectivity index (χ1v) is 6.31. The normalized spacial score (nSPS) is 17.3. The van der Waals surface area contributed by atoms with E-state index < -0.39 is 0 Å². The molecule has 1 aliphatic heterocycles. The van der Waals surface area contributed by atoms with E-state index in [1.54, 1.807) is 0 Å². The van der Waals surface area contributed by atoms with Crippen LogP contribution in [0.2, 0.25) is 0 Å². The van der Waals surface area contributed by atoms with Gasteiger partial charge in [0, 0.05) is 13.1 Å². The molecule has 1 fully saturated rings. The molecule has 1 aliphatic rings. The van der Waals surface area contributed by atoms with Gasteiger partial charge in [-0.1, -0.05) is 18.2 Å². The Morgan fingerprint density at radius 1 is 1.29 bits per heavy atom. The summed E-state index contributed by atoms with van der Waals surface area (Å²) in [4.78, 5) is 2.39. The van der Waals surface area contributed by atoms with Gasteiger partial charge in [0.1, 0.15) is 5.82 Å². The molecule has 2 nitrogen and oxygen atoms in total. The number of rotatable bonds is 4. The monoisotopic (exact) mass is 237 g/mol. The van der Waals surface area contributed by atoms with Crippen LogP contribution in [0, 0.1) is 12.7 Å². The molecule has 17 heavy (non-hydrogen) atoms. The summed E-state index contributed by atoms with van der Waals surface area (Å²) in [6, 6.07) is 5.64. The highest BCUT2D eigenvalue weighted by Crippen LogP contribution is 2.14. The minimum Gasteiger partial charge on any atom is -0.379 e. The molecule has 1 aromatic carbocycles. The molecule has 0 saturated carbocycles. The van der Waals surface area contributed by atoms with Gasteiger partial charge in [-0.2, -0.15) is 0 Å². The summed E-state index contributed by atoms with van der Waals surface area (Å²) in [5.74, 6) is -0.0329. The van der Waals surface area contributed by atoms with E-state index in [0.29, 0.717) is 0 Å². The van der Waals surface area contributed by atoms with E-state index in [1.807, 2.05) is 25.1 Å². The van der Waals surface area contributed by atoms with Crippen LogP contribution in [0.4, 0.5) is 4.39 Å². The summed E-state index contributed by atoms with van der Waals surface area (Å²) in [7, 11) is 0. The van der Waals surface area contributed by atoms with E-state index in [2.05, 4.69) is 4.90 Å². The SMILES string of the molecule is Cc1cccc(CCCN2CCOCC2)c1F. The molecular weight excluding hydrogens is 217 g/mol. The van der Waals surface area contributed by atoms with Crippen molar-refractivity contribution in [1.29, 1.82) is 0 Å². The van der Waals surface area contributed by atoms with Gasteiger partial charge in [-0.3, -0.25) is 4.90 Å². The Morgan fingerprint density at radius 3 is 2.82 bits per heavy atom. The maximum atomic E-state index is 13.7. The third-order valence-electron chi connectivity index (χ3n) is 3.30. The smallest absolute Gasteiger partial charge is 0.129 e. The van der Waals surface area contributed by atoms with Crippen LogP contribution in [0.25, 0.3) is 0 Å². The zero-order chi connectivity index (χ0) is 12.1. The van der Waals surface area contributed by atoms with Crippen LogP contribution >= 0.6 is 0 Å². The minimum absolute atomic E-state index is 0.0329. The molecule has 0 spiro atoms. The lowest BCUT2D eigenvalue weighted by Crippen LogP contribution is -2.36. The molecule has 2 rings (SSSR count). The fraction of sp³-hybridized carbons (Fsp3) is 0.571. The predicted octanol–water partition coefficient (Wildman–Crippen LogP) is 2.40. The highest BCUT2D eigenvalue weighted by atomic mass is 19.1. The minimum atomic E-state index is -0.0329. The first kappa shape index (κ1) is 12.5. The number of ether oxygens (including phenoxy) is 1. The maximum Gasteiger partial charge on any atom is 0.129 e.